The average molecular weight is 283 g/mol. The quantitative estimate of drug-likeness (QED) is 0.783. The zero-order chi connectivity index (χ0) is 13.7. The Morgan fingerprint density at radius 3 is 3.11 bits per heavy atom. The number of methoxy groups -OCH3 is 1. The molecule has 2 unspecified atom stereocenters. The van der Waals surface area contributed by atoms with Crippen molar-refractivity contribution in [2.24, 2.45) is 5.92 Å². The summed E-state index contributed by atoms with van der Waals surface area (Å²) in [6.07, 6.45) is 2.26. The summed E-state index contributed by atoms with van der Waals surface area (Å²) < 4.78 is 5.19. The number of rotatable bonds is 6. The van der Waals surface area contributed by atoms with Crippen LogP contribution in [-0.4, -0.2) is 38.3 Å². The Labute approximate surface area is 120 Å². The molecule has 1 aromatic rings. The molecule has 0 aliphatic carbocycles. The third kappa shape index (κ3) is 3.16. The zero-order valence-electron chi connectivity index (χ0n) is 12.2. The summed E-state index contributed by atoms with van der Waals surface area (Å²) in [6, 6.07) is 0. The van der Waals surface area contributed by atoms with Crippen molar-refractivity contribution in [3.8, 4) is 0 Å². The van der Waals surface area contributed by atoms with Crippen LogP contribution in [0, 0.1) is 12.8 Å². The first-order chi connectivity index (χ1) is 9.23. The van der Waals surface area contributed by atoms with Gasteiger partial charge in [-0.2, -0.15) is 0 Å². The predicted molar refractivity (Wildman–Crippen MR) is 79.7 cm³/mol. The van der Waals surface area contributed by atoms with Gasteiger partial charge in [-0.25, -0.2) is 4.98 Å². The molecule has 2 N–H and O–H groups in total. The molecule has 5 heteroatoms. The van der Waals surface area contributed by atoms with Gasteiger partial charge in [0.1, 0.15) is 5.01 Å². The number of nitrogens with zero attached hydrogens (tertiary/aromatic N) is 1. The van der Waals surface area contributed by atoms with Crippen LogP contribution in [0.25, 0.3) is 0 Å². The van der Waals surface area contributed by atoms with Crippen molar-refractivity contribution in [3.05, 3.63) is 16.1 Å². The fourth-order valence-corrected chi connectivity index (χ4v) is 4.04. The normalized spacial score (nSPS) is 27.6. The summed E-state index contributed by atoms with van der Waals surface area (Å²) in [5, 5.41) is 10.7. The van der Waals surface area contributed by atoms with Crippen molar-refractivity contribution in [3.63, 3.8) is 0 Å². The molecule has 0 amide bonds. The van der Waals surface area contributed by atoms with Gasteiger partial charge in [-0.05, 0) is 32.2 Å². The molecule has 19 heavy (non-hydrogen) atoms. The molecule has 0 spiro atoms. The Morgan fingerprint density at radius 1 is 1.63 bits per heavy atom. The number of piperidine rings is 1. The Morgan fingerprint density at radius 2 is 2.47 bits per heavy atom. The van der Waals surface area contributed by atoms with Crippen LogP contribution in [0.1, 0.15) is 30.5 Å². The van der Waals surface area contributed by atoms with Crippen molar-refractivity contribution in [2.45, 2.75) is 32.2 Å². The van der Waals surface area contributed by atoms with Gasteiger partial charge >= 0.3 is 0 Å². The molecule has 1 fully saturated rings. The molecule has 2 rings (SSSR count). The lowest BCUT2D eigenvalue weighted by Crippen LogP contribution is -2.57. The van der Waals surface area contributed by atoms with E-state index in [2.05, 4.69) is 29.9 Å². The van der Waals surface area contributed by atoms with Gasteiger partial charge in [0.2, 0.25) is 0 Å². The molecular formula is C14H25N3OS. The Hall–Kier alpha value is -0.490. The second-order valence-corrected chi connectivity index (χ2v) is 6.10. The van der Waals surface area contributed by atoms with E-state index in [4.69, 9.17) is 9.72 Å². The van der Waals surface area contributed by atoms with Crippen molar-refractivity contribution in [2.75, 3.05) is 33.4 Å². The van der Waals surface area contributed by atoms with Crippen molar-refractivity contribution in [1.82, 2.24) is 15.6 Å². The molecule has 1 saturated heterocycles. The molecule has 0 aromatic carbocycles. The standard InChI is InChI=1S/C14H25N3OS/c1-4-12-9-15-6-5-14(12,16-7-8-18-3)13-17-11(2)10-19-13/h10,12,15-16H,4-9H2,1-3H3. The van der Waals surface area contributed by atoms with Crippen molar-refractivity contribution >= 4 is 11.3 Å². The molecule has 0 radical (unpaired) electrons. The second-order valence-electron chi connectivity index (χ2n) is 5.24. The molecule has 1 aromatic heterocycles. The lowest BCUT2D eigenvalue weighted by atomic mass is 9.77. The topological polar surface area (TPSA) is 46.2 Å². The molecule has 2 heterocycles. The van der Waals surface area contributed by atoms with Gasteiger partial charge in [-0.1, -0.05) is 6.92 Å². The summed E-state index contributed by atoms with van der Waals surface area (Å²) >= 11 is 1.79. The number of ether oxygens (including phenoxy) is 1. The maximum Gasteiger partial charge on any atom is 0.113 e. The van der Waals surface area contributed by atoms with Gasteiger partial charge in [0, 0.05) is 31.3 Å². The molecule has 4 nitrogen and oxygen atoms in total. The highest BCUT2D eigenvalue weighted by Crippen LogP contribution is 2.38. The fraction of sp³-hybridized carbons (Fsp3) is 0.786. The smallest absolute Gasteiger partial charge is 0.113 e. The molecule has 1 aliphatic heterocycles. The SMILES string of the molecule is CCC1CNCCC1(NCCOC)c1nc(C)cs1. The Balaban J connectivity index is 2.25. The zero-order valence-corrected chi connectivity index (χ0v) is 13.0. The number of nitrogens with one attached hydrogen (secondary N) is 2. The second kappa shape index (κ2) is 6.79. The van der Waals surface area contributed by atoms with Crippen LogP contribution >= 0.6 is 11.3 Å². The minimum Gasteiger partial charge on any atom is -0.383 e. The Kier molecular flexibility index (Phi) is 5.33. The highest BCUT2D eigenvalue weighted by molar-refractivity contribution is 7.09. The lowest BCUT2D eigenvalue weighted by molar-refractivity contribution is 0.125. The number of hydrogen-bond donors (Lipinski definition) is 2. The van der Waals surface area contributed by atoms with E-state index in [0.717, 1.165) is 44.8 Å². The van der Waals surface area contributed by atoms with Crippen LogP contribution in [0.4, 0.5) is 0 Å². The van der Waals surface area contributed by atoms with Crippen LogP contribution in [0.5, 0.6) is 0 Å². The first-order valence-electron chi connectivity index (χ1n) is 7.10. The Bertz CT molecular complexity index is 396. The molecule has 1 aliphatic rings. The lowest BCUT2D eigenvalue weighted by Gasteiger charge is -2.43. The average Bonchev–Trinajstić information content (AvgIpc) is 2.86. The van der Waals surface area contributed by atoms with Gasteiger partial charge in [0.25, 0.3) is 0 Å². The predicted octanol–water partition coefficient (Wildman–Crippen LogP) is 1.90. The number of aromatic nitrogens is 1. The van der Waals surface area contributed by atoms with E-state index in [9.17, 15) is 0 Å². The number of hydrogen-bond acceptors (Lipinski definition) is 5. The highest BCUT2D eigenvalue weighted by atomic mass is 32.1. The summed E-state index contributed by atoms with van der Waals surface area (Å²) in [6.45, 7) is 8.08. The summed E-state index contributed by atoms with van der Waals surface area (Å²) in [7, 11) is 1.75. The van der Waals surface area contributed by atoms with Crippen molar-refractivity contribution in [1.29, 1.82) is 0 Å². The molecule has 0 bridgehead atoms. The largest absolute Gasteiger partial charge is 0.383 e. The van der Waals surface area contributed by atoms with Gasteiger partial charge in [-0.15, -0.1) is 11.3 Å². The summed E-state index contributed by atoms with van der Waals surface area (Å²) in [5.74, 6) is 0.587. The van der Waals surface area contributed by atoms with Crippen LogP contribution in [0.3, 0.4) is 0 Å². The minimum absolute atomic E-state index is 0.0253. The van der Waals surface area contributed by atoms with E-state index in [0.29, 0.717) is 5.92 Å². The molecule has 2 atom stereocenters. The summed E-state index contributed by atoms with van der Waals surface area (Å²) in [5.41, 5.74) is 1.15. The minimum atomic E-state index is 0.0253. The van der Waals surface area contributed by atoms with E-state index in [1.165, 1.54) is 5.01 Å². The maximum atomic E-state index is 5.19. The van der Waals surface area contributed by atoms with Crippen LogP contribution in [0.2, 0.25) is 0 Å². The monoisotopic (exact) mass is 283 g/mol. The first kappa shape index (κ1) is 14.9. The molecular weight excluding hydrogens is 258 g/mol. The van der Waals surface area contributed by atoms with E-state index < -0.39 is 0 Å². The highest BCUT2D eigenvalue weighted by Gasteiger charge is 2.43. The summed E-state index contributed by atoms with van der Waals surface area (Å²) in [4.78, 5) is 4.77. The van der Waals surface area contributed by atoms with Crippen LogP contribution < -0.4 is 10.6 Å². The molecule has 0 saturated carbocycles. The van der Waals surface area contributed by atoms with Gasteiger partial charge < -0.3 is 15.4 Å². The third-order valence-corrected chi connectivity index (χ3v) is 5.16. The third-order valence-electron chi connectivity index (χ3n) is 4.02. The van der Waals surface area contributed by atoms with E-state index >= 15 is 0 Å². The fourth-order valence-electron chi connectivity index (χ4n) is 2.96. The van der Waals surface area contributed by atoms with E-state index in [1.54, 1.807) is 18.4 Å². The van der Waals surface area contributed by atoms with E-state index in [-0.39, 0.29) is 5.54 Å². The van der Waals surface area contributed by atoms with Gasteiger partial charge in [0.05, 0.1) is 12.1 Å². The van der Waals surface area contributed by atoms with Crippen LogP contribution in [-0.2, 0) is 10.3 Å². The van der Waals surface area contributed by atoms with Crippen LogP contribution in [0.15, 0.2) is 5.38 Å². The first-order valence-corrected chi connectivity index (χ1v) is 7.98. The number of aryl methyl sites for hydroxylation is 1. The van der Waals surface area contributed by atoms with E-state index in [1.807, 2.05) is 0 Å². The van der Waals surface area contributed by atoms with Gasteiger partial charge in [0.15, 0.2) is 0 Å². The maximum absolute atomic E-state index is 5.19. The molecule has 108 valence electrons. The van der Waals surface area contributed by atoms with Gasteiger partial charge in [-0.3, -0.25) is 0 Å². The van der Waals surface area contributed by atoms with Crippen molar-refractivity contribution < 1.29 is 4.74 Å². The number of thiazole rings is 1.